The average Bonchev–Trinajstić information content (AvgIpc) is 2.81. The van der Waals surface area contributed by atoms with Gasteiger partial charge >= 0.3 is 0 Å². The Morgan fingerprint density at radius 2 is 2.15 bits per heavy atom. The van der Waals surface area contributed by atoms with Crippen molar-refractivity contribution in [2.24, 2.45) is 5.92 Å². The van der Waals surface area contributed by atoms with Gasteiger partial charge in [-0.15, -0.1) is 0 Å². The Kier molecular flexibility index (Phi) is 7.88. The van der Waals surface area contributed by atoms with Crippen LogP contribution in [0.15, 0.2) is 53.7 Å². The number of aromatic nitrogens is 1. The molecule has 1 N–H and O–H groups in total. The van der Waals surface area contributed by atoms with Crippen LogP contribution in [0.5, 0.6) is 5.75 Å². The molecule has 0 saturated heterocycles. The molecular weight excluding hydrogens is 442 g/mol. The van der Waals surface area contributed by atoms with E-state index in [9.17, 15) is 18.3 Å². The predicted molar refractivity (Wildman–Crippen MR) is 126 cm³/mol. The Hall–Kier alpha value is -2.75. The fourth-order valence-corrected chi connectivity index (χ4v) is 5.64. The largest absolute Gasteiger partial charge is 0.487 e. The molecule has 0 bridgehead atoms. The molecule has 1 aromatic carbocycles. The summed E-state index contributed by atoms with van der Waals surface area (Å²) in [5.41, 5.74) is 1.27. The van der Waals surface area contributed by atoms with Gasteiger partial charge in [0.1, 0.15) is 16.7 Å². The van der Waals surface area contributed by atoms with Crippen molar-refractivity contribution in [3.63, 3.8) is 0 Å². The van der Waals surface area contributed by atoms with E-state index in [0.717, 1.165) is 5.56 Å². The molecule has 3 rings (SSSR count). The first-order chi connectivity index (χ1) is 15.7. The molecule has 0 unspecified atom stereocenters. The van der Waals surface area contributed by atoms with E-state index < -0.39 is 22.2 Å². The van der Waals surface area contributed by atoms with Crippen LogP contribution < -0.4 is 4.74 Å². The van der Waals surface area contributed by atoms with Gasteiger partial charge in [-0.3, -0.25) is 9.78 Å². The molecule has 0 saturated carbocycles. The van der Waals surface area contributed by atoms with Gasteiger partial charge in [0.05, 0.1) is 18.7 Å². The minimum Gasteiger partial charge on any atom is -0.487 e. The van der Waals surface area contributed by atoms with E-state index in [-0.39, 0.29) is 42.2 Å². The van der Waals surface area contributed by atoms with Crippen molar-refractivity contribution in [2.45, 2.75) is 37.8 Å². The van der Waals surface area contributed by atoms with Crippen molar-refractivity contribution in [2.75, 3.05) is 26.7 Å². The second kappa shape index (κ2) is 10.5. The van der Waals surface area contributed by atoms with E-state index in [1.165, 1.54) is 16.6 Å². The summed E-state index contributed by atoms with van der Waals surface area (Å²) in [5, 5.41) is 9.73. The van der Waals surface area contributed by atoms with Crippen LogP contribution in [0, 0.1) is 5.92 Å². The highest BCUT2D eigenvalue weighted by Gasteiger charge is 2.38. The molecule has 2 heterocycles. The van der Waals surface area contributed by atoms with Crippen molar-refractivity contribution < 1.29 is 23.1 Å². The van der Waals surface area contributed by atoms with Gasteiger partial charge in [-0.25, -0.2) is 8.42 Å². The standard InChI is InChI=1S/C24H31N3O5S/c1-5-7-19-9-10-23-21(12-19)32-22(15-26(4)24(29)20-8-6-11-25-13-20)17(2)14-27(18(3)16-28)33(23,30)31/h5-13,17-18,22,28H,14-16H2,1-4H3/b7-5+/t17-,18-,22-/m1/s1. The maximum absolute atomic E-state index is 13.5. The minimum absolute atomic E-state index is 0.0502. The topological polar surface area (TPSA) is 100 Å². The van der Waals surface area contributed by atoms with Crippen LogP contribution in [0.1, 0.15) is 36.7 Å². The molecule has 178 valence electrons. The molecule has 1 aliphatic rings. The maximum Gasteiger partial charge on any atom is 0.255 e. The van der Waals surface area contributed by atoms with Crippen molar-refractivity contribution in [1.29, 1.82) is 0 Å². The van der Waals surface area contributed by atoms with Gasteiger partial charge < -0.3 is 14.7 Å². The van der Waals surface area contributed by atoms with Gasteiger partial charge in [-0.1, -0.05) is 25.1 Å². The summed E-state index contributed by atoms with van der Waals surface area (Å²) >= 11 is 0. The van der Waals surface area contributed by atoms with Gasteiger partial charge in [0.15, 0.2) is 0 Å². The first-order valence-corrected chi connectivity index (χ1v) is 12.3. The molecule has 33 heavy (non-hydrogen) atoms. The summed E-state index contributed by atoms with van der Waals surface area (Å²) in [6, 6.07) is 7.75. The Morgan fingerprint density at radius 3 is 2.79 bits per heavy atom. The summed E-state index contributed by atoms with van der Waals surface area (Å²) in [7, 11) is -2.21. The van der Waals surface area contributed by atoms with E-state index in [1.807, 2.05) is 26.0 Å². The predicted octanol–water partition coefficient (Wildman–Crippen LogP) is 2.66. The quantitative estimate of drug-likeness (QED) is 0.692. The molecule has 1 aliphatic heterocycles. The lowest BCUT2D eigenvalue weighted by Crippen LogP contribution is -2.50. The number of pyridine rings is 1. The zero-order chi connectivity index (χ0) is 24.2. The Morgan fingerprint density at radius 1 is 1.39 bits per heavy atom. The monoisotopic (exact) mass is 473 g/mol. The number of hydrogen-bond acceptors (Lipinski definition) is 6. The Balaban J connectivity index is 2.01. The molecule has 1 amide bonds. The van der Waals surface area contributed by atoms with E-state index in [1.54, 1.807) is 49.3 Å². The van der Waals surface area contributed by atoms with E-state index in [0.29, 0.717) is 5.56 Å². The molecule has 0 radical (unpaired) electrons. The van der Waals surface area contributed by atoms with E-state index >= 15 is 0 Å². The Labute approximate surface area is 195 Å². The third-order valence-electron chi connectivity index (χ3n) is 5.76. The van der Waals surface area contributed by atoms with Crippen molar-refractivity contribution >= 4 is 22.0 Å². The van der Waals surface area contributed by atoms with Gasteiger partial charge in [-0.2, -0.15) is 4.31 Å². The number of aliphatic hydroxyl groups excluding tert-OH is 1. The number of hydrogen-bond donors (Lipinski definition) is 1. The highest BCUT2D eigenvalue weighted by Crippen LogP contribution is 2.34. The second-order valence-corrected chi connectivity index (χ2v) is 10.2. The van der Waals surface area contributed by atoms with Crippen LogP contribution in [-0.2, 0) is 10.0 Å². The first-order valence-electron chi connectivity index (χ1n) is 10.9. The number of carbonyl (C=O) groups is 1. The minimum atomic E-state index is -3.89. The number of sulfonamides is 1. The third-order valence-corrected chi connectivity index (χ3v) is 7.78. The number of ether oxygens (including phenoxy) is 1. The highest BCUT2D eigenvalue weighted by atomic mass is 32.2. The number of likely N-dealkylation sites (N-methyl/N-ethyl adjacent to an activating group) is 1. The van der Waals surface area contributed by atoms with Crippen LogP contribution in [-0.4, -0.2) is 72.5 Å². The smallest absolute Gasteiger partial charge is 0.255 e. The summed E-state index contributed by atoms with van der Waals surface area (Å²) in [6.45, 7) is 5.54. The maximum atomic E-state index is 13.5. The number of aliphatic hydroxyl groups is 1. The van der Waals surface area contributed by atoms with Gasteiger partial charge in [0.2, 0.25) is 10.0 Å². The molecule has 0 spiro atoms. The van der Waals surface area contributed by atoms with E-state index in [4.69, 9.17) is 4.74 Å². The van der Waals surface area contributed by atoms with Gasteiger partial charge in [0, 0.05) is 37.9 Å². The van der Waals surface area contributed by atoms with Crippen LogP contribution >= 0.6 is 0 Å². The number of nitrogens with zero attached hydrogens (tertiary/aromatic N) is 3. The third kappa shape index (κ3) is 5.43. The number of benzene rings is 1. The lowest BCUT2D eigenvalue weighted by atomic mass is 10.0. The molecule has 0 fully saturated rings. The molecule has 1 aromatic heterocycles. The number of rotatable bonds is 6. The summed E-state index contributed by atoms with van der Waals surface area (Å²) < 4.78 is 34.5. The van der Waals surface area contributed by atoms with Gasteiger partial charge in [0.25, 0.3) is 5.91 Å². The first kappa shape index (κ1) is 24.9. The lowest BCUT2D eigenvalue weighted by molar-refractivity contribution is 0.0563. The molecule has 2 aromatic rings. The molecule has 0 aliphatic carbocycles. The van der Waals surface area contributed by atoms with Crippen molar-refractivity contribution in [1.82, 2.24) is 14.2 Å². The molecule has 9 heteroatoms. The average molecular weight is 474 g/mol. The second-order valence-electron chi connectivity index (χ2n) is 8.37. The zero-order valence-corrected chi connectivity index (χ0v) is 20.2. The zero-order valence-electron chi connectivity index (χ0n) is 19.4. The summed E-state index contributed by atoms with van der Waals surface area (Å²) in [6.07, 6.45) is 6.36. The fourth-order valence-electron chi connectivity index (χ4n) is 3.82. The van der Waals surface area contributed by atoms with Crippen LogP contribution in [0.4, 0.5) is 0 Å². The van der Waals surface area contributed by atoms with Gasteiger partial charge in [-0.05, 0) is 43.7 Å². The molecule has 8 nitrogen and oxygen atoms in total. The van der Waals surface area contributed by atoms with Crippen molar-refractivity contribution in [3.05, 3.63) is 59.9 Å². The van der Waals surface area contributed by atoms with Crippen LogP contribution in [0.3, 0.4) is 0 Å². The number of carbonyl (C=O) groups excluding carboxylic acids is 1. The SMILES string of the molecule is C/C=C/c1ccc2c(c1)O[C@H](CN(C)C(=O)c1cccnc1)[C@H](C)CN([C@H](C)CO)S2(=O)=O. The normalized spacial score (nSPS) is 21.5. The van der Waals surface area contributed by atoms with Crippen LogP contribution in [0.25, 0.3) is 6.08 Å². The molecule has 3 atom stereocenters. The highest BCUT2D eigenvalue weighted by molar-refractivity contribution is 7.89. The summed E-state index contributed by atoms with van der Waals surface area (Å²) in [5.74, 6) is -0.215. The number of amides is 1. The lowest BCUT2D eigenvalue weighted by Gasteiger charge is -2.37. The van der Waals surface area contributed by atoms with E-state index in [2.05, 4.69) is 4.98 Å². The fraction of sp³-hybridized carbons (Fsp3) is 0.417. The number of allylic oxidation sites excluding steroid dienone is 1. The number of fused-ring (bicyclic) bond motifs is 1. The molecular formula is C24H31N3O5S. The summed E-state index contributed by atoms with van der Waals surface area (Å²) in [4.78, 5) is 18.5. The Bertz CT molecular complexity index is 1100. The van der Waals surface area contributed by atoms with Crippen LogP contribution in [0.2, 0.25) is 0 Å². The van der Waals surface area contributed by atoms with Crippen molar-refractivity contribution in [3.8, 4) is 5.75 Å².